The zero-order chi connectivity index (χ0) is 13.7. The second kappa shape index (κ2) is 4.45. The van der Waals surface area contributed by atoms with Crippen molar-refractivity contribution in [2.24, 2.45) is 11.8 Å². The summed E-state index contributed by atoms with van der Waals surface area (Å²) in [5.74, 6) is 2.20. The number of benzene rings is 1. The molecule has 4 rings (SSSR count). The molecule has 2 aliphatic rings. The number of rotatable bonds is 4. The molecule has 0 unspecified atom stereocenters. The van der Waals surface area contributed by atoms with Crippen LogP contribution in [0.2, 0.25) is 5.02 Å². The lowest BCUT2D eigenvalue weighted by Gasteiger charge is -2.17. The fourth-order valence-electron chi connectivity index (χ4n) is 2.96. The van der Waals surface area contributed by atoms with Gasteiger partial charge in [-0.05, 0) is 60.1 Å². The molecule has 0 bridgehead atoms. The van der Waals surface area contributed by atoms with E-state index < -0.39 is 0 Å². The van der Waals surface area contributed by atoms with Crippen molar-refractivity contribution in [1.82, 2.24) is 20.2 Å². The van der Waals surface area contributed by atoms with Gasteiger partial charge in [-0.25, -0.2) is 4.68 Å². The summed E-state index contributed by atoms with van der Waals surface area (Å²) in [6.07, 6.45) is 5.13. The highest BCUT2D eigenvalue weighted by Crippen LogP contribution is 2.52. The number of halogens is 1. The SMILES string of the molecule is Nc1c(Cl)cccc1-c1nnnn1C(C1CC1)C1CC1. The number of nitrogens with zero attached hydrogens (tertiary/aromatic N) is 4. The smallest absolute Gasteiger partial charge is 0.184 e. The van der Waals surface area contributed by atoms with Crippen LogP contribution in [0.25, 0.3) is 11.4 Å². The standard InChI is InChI=1S/C14H16ClN5/c15-11-3-1-2-10(12(11)16)14-17-18-19-20(14)13(8-4-5-8)9-6-7-9/h1-3,8-9,13H,4-7,16H2. The lowest BCUT2D eigenvalue weighted by Crippen LogP contribution is -2.16. The lowest BCUT2D eigenvalue weighted by molar-refractivity contribution is 0.357. The summed E-state index contributed by atoms with van der Waals surface area (Å²) in [7, 11) is 0. The molecular formula is C14H16ClN5. The molecular weight excluding hydrogens is 274 g/mol. The Balaban J connectivity index is 1.79. The van der Waals surface area contributed by atoms with Gasteiger partial charge < -0.3 is 5.73 Å². The van der Waals surface area contributed by atoms with Crippen molar-refractivity contribution in [3.05, 3.63) is 23.2 Å². The Kier molecular flexibility index (Phi) is 2.70. The minimum absolute atomic E-state index is 0.429. The molecule has 2 aliphatic carbocycles. The van der Waals surface area contributed by atoms with Gasteiger partial charge in [-0.3, -0.25) is 0 Å². The summed E-state index contributed by atoms with van der Waals surface area (Å²) >= 11 is 6.11. The van der Waals surface area contributed by atoms with Crippen molar-refractivity contribution in [1.29, 1.82) is 0 Å². The molecule has 6 heteroatoms. The number of nitrogen functional groups attached to an aromatic ring is 1. The monoisotopic (exact) mass is 289 g/mol. The first kappa shape index (κ1) is 12.1. The molecule has 0 spiro atoms. The van der Waals surface area contributed by atoms with Gasteiger partial charge in [0.2, 0.25) is 0 Å². The number of hydrogen-bond donors (Lipinski definition) is 1. The predicted molar refractivity (Wildman–Crippen MR) is 77.2 cm³/mol. The maximum atomic E-state index is 6.11. The molecule has 0 amide bonds. The third kappa shape index (κ3) is 1.97. The van der Waals surface area contributed by atoms with Crippen LogP contribution in [0.15, 0.2) is 18.2 Å². The third-order valence-electron chi connectivity index (χ3n) is 4.28. The van der Waals surface area contributed by atoms with E-state index in [9.17, 15) is 0 Å². The predicted octanol–water partition coefficient (Wildman–Crippen LogP) is 2.94. The van der Waals surface area contributed by atoms with Crippen LogP contribution in [0.4, 0.5) is 5.69 Å². The lowest BCUT2D eigenvalue weighted by atomic mass is 10.1. The van der Waals surface area contributed by atoms with Crippen LogP contribution in [0.3, 0.4) is 0 Å². The van der Waals surface area contributed by atoms with Crippen LogP contribution in [-0.2, 0) is 0 Å². The summed E-state index contributed by atoms with van der Waals surface area (Å²) < 4.78 is 1.98. The molecule has 0 saturated heterocycles. The van der Waals surface area contributed by atoms with Crippen LogP contribution >= 0.6 is 11.6 Å². The number of anilines is 1. The molecule has 0 atom stereocenters. The highest BCUT2D eigenvalue weighted by Gasteiger charge is 2.44. The zero-order valence-corrected chi connectivity index (χ0v) is 11.8. The molecule has 104 valence electrons. The fraction of sp³-hybridized carbons (Fsp3) is 0.500. The molecule has 1 heterocycles. The molecule has 2 fully saturated rings. The highest BCUT2D eigenvalue weighted by molar-refractivity contribution is 6.33. The first-order chi connectivity index (χ1) is 9.75. The van der Waals surface area contributed by atoms with E-state index in [1.165, 1.54) is 25.7 Å². The minimum Gasteiger partial charge on any atom is -0.397 e. The number of nitrogens with two attached hydrogens (primary N) is 1. The quantitative estimate of drug-likeness (QED) is 0.879. The maximum absolute atomic E-state index is 6.11. The van der Waals surface area contributed by atoms with E-state index in [2.05, 4.69) is 15.5 Å². The van der Waals surface area contributed by atoms with Gasteiger partial charge in [-0.1, -0.05) is 17.7 Å². The third-order valence-corrected chi connectivity index (χ3v) is 4.61. The van der Waals surface area contributed by atoms with Gasteiger partial charge in [0.25, 0.3) is 0 Å². The minimum atomic E-state index is 0.429. The first-order valence-electron chi connectivity index (χ1n) is 7.08. The fourth-order valence-corrected chi connectivity index (χ4v) is 3.14. The van der Waals surface area contributed by atoms with E-state index in [0.717, 1.165) is 23.2 Å². The molecule has 2 N–H and O–H groups in total. The molecule has 0 radical (unpaired) electrons. The normalized spacial score (nSPS) is 18.7. The Morgan fingerprint density at radius 2 is 1.90 bits per heavy atom. The Morgan fingerprint density at radius 3 is 2.55 bits per heavy atom. The highest BCUT2D eigenvalue weighted by atomic mass is 35.5. The number of hydrogen-bond acceptors (Lipinski definition) is 4. The van der Waals surface area contributed by atoms with Crippen LogP contribution in [0.1, 0.15) is 31.7 Å². The van der Waals surface area contributed by atoms with E-state index in [4.69, 9.17) is 17.3 Å². The molecule has 1 aromatic carbocycles. The van der Waals surface area contributed by atoms with E-state index in [1.807, 2.05) is 16.8 Å². The summed E-state index contributed by atoms with van der Waals surface area (Å²) in [6, 6.07) is 6.03. The average molecular weight is 290 g/mol. The van der Waals surface area contributed by atoms with Gasteiger partial charge >= 0.3 is 0 Å². The van der Waals surface area contributed by atoms with Crippen molar-refractivity contribution < 1.29 is 0 Å². The topological polar surface area (TPSA) is 69.6 Å². The summed E-state index contributed by atoms with van der Waals surface area (Å²) in [5.41, 5.74) is 7.46. The zero-order valence-electron chi connectivity index (χ0n) is 11.0. The first-order valence-corrected chi connectivity index (χ1v) is 7.45. The van der Waals surface area contributed by atoms with Crippen LogP contribution in [0.5, 0.6) is 0 Å². The number of tetrazole rings is 1. The van der Waals surface area contributed by atoms with Crippen molar-refractivity contribution in [2.45, 2.75) is 31.7 Å². The Hall–Kier alpha value is -1.62. The second-order valence-electron chi connectivity index (χ2n) is 5.81. The van der Waals surface area contributed by atoms with Gasteiger partial charge in [0.1, 0.15) is 0 Å². The number of aromatic nitrogens is 4. The Morgan fingerprint density at radius 1 is 1.20 bits per heavy atom. The molecule has 20 heavy (non-hydrogen) atoms. The van der Waals surface area contributed by atoms with Gasteiger partial charge in [0, 0.05) is 5.56 Å². The van der Waals surface area contributed by atoms with Gasteiger partial charge in [0.15, 0.2) is 5.82 Å². The van der Waals surface area contributed by atoms with Crippen molar-refractivity contribution in [3.63, 3.8) is 0 Å². The van der Waals surface area contributed by atoms with E-state index in [-0.39, 0.29) is 0 Å². The van der Waals surface area contributed by atoms with Crippen molar-refractivity contribution in [2.75, 3.05) is 5.73 Å². The molecule has 1 aromatic heterocycles. The largest absolute Gasteiger partial charge is 0.397 e. The maximum Gasteiger partial charge on any atom is 0.184 e. The van der Waals surface area contributed by atoms with Crippen LogP contribution in [0, 0.1) is 11.8 Å². The van der Waals surface area contributed by atoms with E-state index >= 15 is 0 Å². The summed E-state index contributed by atoms with van der Waals surface area (Å²) in [5, 5.41) is 12.9. The van der Waals surface area contributed by atoms with E-state index in [1.54, 1.807) is 6.07 Å². The van der Waals surface area contributed by atoms with E-state index in [0.29, 0.717) is 16.8 Å². The van der Waals surface area contributed by atoms with Crippen LogP contribution in [-0.4, -0.2) is 20.2 Å². The van der Waals surface area contributed by atoms with Gasteiger partial charge in [-0.15, -0.1) is 5.10 Å². The van der Waals surface area contributed by atoms with Crippen molar-refractivity contribution >= 4 is 17.3 Å². The Labute approximate surface area is 122 Å². The van der Waals surface area contributed by atoms with Crippen LogP contribution < -0.4 is 5.73 Å². The molecule has 5 nitrogen and oxygen atoms in total. The van der Waals surface area contributed by atoms with Gasteiger partial charge in [-0.2, -0.15) is 0 Å². The molecule has 2 aromatic rings. The van der Waals surface area contributed by atoms with Crippen molar-refractivity contribution in [3.8, 4) is 11.4 Å². The second-order valence-corrected chi connectivity index (χ2v) is 6.22. The summed E-state index contributed by atoms with van der Waals surface area (Å²) in [4.78, 5) is 0. The molecule has 2 saturated carbocycles. The van der Waals surface area contributed by atoms with Gasteiger partial charge in [0.05, 0.1) is 16.8 Å². The molecule has 0 aliphatic heterocycles. The number of para-hydroxylation sites is 1. The average Bonchev–Trinajstić information content (AvgIpc) is 3.35. The summed E-state index contributed by atoms with van der Waals surface area (Å²) in [6.45, 7) is 0. The Bertz CT molecular complexity index is 633.